The molecule has 2 aliphatic heterocycles. The van der Waals surface area contributed by atoms with Crippen LogP contribution in [0.15, 0.2) is 4.99 Å². The van der Waals surface area contributed by atoms with E-state index in [-0.39, 0.29) is 5.91 Å². The molecule has 19 heavy (non-hydrogen) atoms. The molecule has 1 unspecified atom stereocenters. The Kier molecular flexibility index (Phi) is 5.79. The summed E-state index contributed by atoms with van der Waals surface area (Å²) in [5, 5.41) is 2.86. The zero-order valence-corrected chi connectivity index (χ0v) is 12.0. The van der Waals surface area contributed by atoms with Crippen LogP contribution in [-0.4, -0.2) is 73.8 Å². The summed E-state index contributed by atoms with van der Waals surface area (Å²) in [4.78, 5) is 20.3. The molecule has 0 spiro atoms. The molecule has 2 rings (SSSR count). The molecule has 0 radical (unpaired) electrons. The van der Waals surface area contributed by atoms with E-state index in [1.54, 1.807) is 6.92 Å². The first kappa shape index (κ1) is 14.5. The van der Waals surface area contributed by atoms with Gasteiger partial charge in [-0.05, 0) is 25.5 Å². The molecule has 1 fully saturated rings. The van der Waals surface area contributed by atoms with Crippen LogP contribution in [0.25, 0.3) is 0 Å². The number of hydrogen-bond acceptors (Lipinski definition) is 4. The van der Waals surface area contributed by atoms with Crippen molar-refractivity contribution in [2.24, 2.45) is 4.99 Å². The van der Waals surface area contributed by atoms with Crippen LogP contribution in [0.5, 0.6) is 0 Å². The van der Waals surface area contributed by atoms with Crippen molar-refractivity contribution in [3.63, 3.8) is 0 Å². The molecule has 5 nitrogen and oxygen atoms in total. The van der Waals surface area contributed by atoms with Crippen LogP contribution in [0.4, 0.5) is 0 Å². The van der Waals surface area contributed by atoms with Crippen molar-refractivity contribution < 1.29 is 4.79 Å². The Morgan fingerprint density at radius 2 is 2.05 bits per heavy atom. The van der Waals surface area contributed by atoms with Crippen molar-refractivity contribution in [1.82, 2.24) is 15.1 Å². The maximum Gasteiger partial charge on any atom is 0.216 e. The molecular formula is C14H26N4O. The number of carbonyl (C=O) groups excluding carboxylic acids is 1. The molecule has 1 N–H and O–H groups in total. The molecule has 0 bridgehead atoms. The Labute approximate surface area is 116 Å². The molecule has 0 aromatic heterocycles. The van der Waals surface area contributed by atoms with E-state index in [9.17, 15) is 4.79 Å². The summed E-state index contributed by atoms with van der Waals surface area (Å²) in [6.07, 6.45) is 5.80. The highest BCUT2D eigenvalue weighted by molar-refractivity contribution is 5.72. The van der Waals surface area contributed by atoms with Gasteiger partial charge in [-0.1, -0.05) is 0 Å². The molecule has 1 saturated heterocycles. The van der Waals surface area contributed by atoms with E-state index in [4.69, 9.17) is 0 Å². The molecule has 0 saturated carbocycles. The number of rotatable bonds is 5. The van der Waals surface area contributed by atoms with E-state index in [1.165, 1.54) is 12.8 Å². The second-order valence-electron chi connectivity index (χ2n) is 5.54. The third-order valence-corrected chi connectivity index (χ3v) is 3.92. The van der Waals surface area contributed by atoms with Gasteiger partial charge in [0.2, 0.25) is 5.91 Å². The predicted molar refractivity (Wildman–Crippen MR) is 77.7 cm³/mol. The van der Waals surface area contributed by atoms with Crippen LogP contribution in [-0.2, 0) is 4.79 Å². The van der Waals surface area contributed by atoms with Gasteiger partial charge in [0, 0.05) is 52.7 Å². The Balaban J connectivity index is 1.60. The Hall–Kier alpha value is -0.940. The zero-order chi connectivity index (χ0) is 13.5. The van der Waals surface area contributed by atoms with Gasteiger partial charge in [0.15, 0.2) is 0 Å². The molecule has 5 heteroatoms. The number of carbonyl (C=O) groups is 1. The van der Waals surface area contributed by atoms with Crippen LogP contribution in [0, 0.1) is 0 Å². The van der Waals surface area contributed by atoms with Crippen molar-refractivity contribution in [3.8, 4) is 0 Å². The number of nitrogens with one attached hydrogen (secondary N) is 1. The van der Waals surface area contributed by atoms with Gasteiger partial charge in [0.05, 0.1) is 6.04 Å². The fraction of sp³-hybridized carbons (Fsp3) is 0.857. The molecule has 108 valence electrons. The van der Waals surface area contributed by atoms with Crippen LogP contribution < -0.4 is 5.32 Å². The zero-order valence-electron chi connectivity index (χ0n) is 12.0. The molecule has 2 aliphatic rings. The summed E-state index contributed by atoms with van der Waals surface area (Å²) in [6, 6.07) is 0.527. The lowest BCUT2D eigenvalue weighted by molar-refractivity contribution is -0.119. The largest absolute Gasteiger partial charge is 0.355 e. The quantitative estimate of drug-likeness (QED) is 0.782. The Bertz CT molecular complexity index is 311. The first-order valence-electron chi connectivity index (χ1n) is 7.45. The average molecular weight is 266 g/mol. The third kappa shape index (κ3) is 5.28. The molecule has 1 amide bonds. The third-order valence-electron chi connectivity index (χ3n) is 3.92. The van der Waals surface area contributed by atoms with Crippen molar-refractivity contribution in [2.75, 3.05) is 45.8 Å². The van der Waals surface area contributed by atoms with Crippen LogP contribution in [0.1, 0.15) is 26.2 Å². The molecular weight excluding hydrogens is 240 g/mol. The Morgan fingerprint density at radius 1 is 1.32 bits per heavy atom. The number of nitrogens with zero attached hydrogens (tertiary/aromatic N) is 3. The fourth-order valence-electron chi connectivity index (χ4n) is 2.76. The van der Waals surface area contributed by atoms with Crippen molar-refractivity contribution in [2.45, 2.75) is 32.2 Å². The van der Waals surface area contributed by atoms with Gasteiger partial charge < -0.3 is 5.32 Å². The van der Waals surface area contributed by atoms with Gasteiger partial charge in [0.25, 0.3) is 0 Å². The van der Waals surface area contributed by atoms with Crippen molar-refractivity contribution in [3.05, 3.63) is 0 Å². The van der Waals surface area contributed by atoms with E-state index >= 15 is 0 Å². The lowest BCUT2D eigenvalue weighted by atomic mass is 10.1. The monoisotopic (exact) mass is 266 g/mol. The molecule has 0 aromatic carbocycles. The van der Waals surface area contributed by atoms with Gasteiger partial charge in [-0.2, -0.15) is 0 Å². The topological polar surface area (TPSA) is 47.9 Å². The summed E-state index contributed by atoms with van der Waals surface area (Å²) in [6.45, 7) is 8.90. The van der Waals surface area contributed by atoms with Gasteiger partial charge in [-0.25, -0.2) is 0 Å². The highest BCUT2D eigenvalue weighted by Crippen LogP contribution is 2.12. The van der Waals surface area contributed by atoms with Crippen LogP contribution >= 0.6 is 0 Å². The summed E-state index contributed by atoms with van der Waals surface area (Å²) < 4.78 is 0. The van der Waals surface area contributed by atoms with E-state index in [0.717, 1.165) is 52.2 Å². The van der Waals surface area contributed by atoms with E-state index < -0.39 is 0 Å². The molecule has 0 aliphatic carbocycles. The fourth-order valence-corrected chi connectivity index (χ4v) is 2.76. The standard InChI is InChI=1S/C14H26N4O/c1-13(19)15-6-7-17-8-10-18(11-9-17)12-14-4-2-3-5-16-14/h5,14H,2-4,6-12H2,1H3,(H,15,19). The maximum absolute atomic E-state index is 10.8. The van der Waals surface area contributed by atoms with E-state index in [0.29, 0.717) is 6.04 Å². The average Bonchev–Trinajstić information content (AvgIpc) is 2.42. The SMILES string of the molecule is CC(=O)NCCN1CCN(CC2CCCC=N2)CC1. The highest BCUT2D eigenvalue weighted by Gasteiger charge is 2.20. The predicted octanol–water partition coefficient (Wildman–Crippen LogP) is 0.363. The highest BCUT2D eigenvalue weighted by atomic mass is 16.1. The van der Waals surface area contributed by atoms with Crippen LogP contribution in [0.3, 0.4) is 0 Å². The molecule has 1 atom stereocenters. The number of hydrogen-bond donors (Lipinski definition) is 1. The minimum atomic E-state index is 0.0637. The van der Waals surface area contributed by atoms with Gasteiger partial charge >= 0.3 is 0 Å². The van der Waals surface area contributed by atoms with Gasteiger partial charge in [-0.15, -0.1) is 0 Å². The van der Waals surface area contributed by atoms with Gasteiger partial charge in [-0.3, -0.25) is 19.6 Å². The lowest BCUT2D eigenvalue weighted by Gasteiger charge is -2.36. The smallest absolute Gasteiger partial charge is 0.216 e. The van der Waals surface area contributed by atoms with Crippen molar-refractivity contribution in [1.29, 1.82) is 0 Å². The number of aliphatic imine (C=N–C) groups is 1. The maximum atomic E-state index is 10.8. The molecule has 2 heterocycles. The van der Waals surface area contributed by atoms with Crippen molar-refractivity contribution >= 4 is 12.1 Å². The van der Waals surface area contributed by atoms with E-state index in [1.807, 2.05) is 0 Å². The normalized spacial score (nSPS) is 25.4. The lowest BCUT2D eigenvalue weighted by Crippen LogP contribution is -2.50. The summed E-state index contributed by atoms with van der Waals surface area (Å²) in [5.41, 5.74) is 0. The number of piperazine rings is 1. The summed E-state index contributed by atoms with van der Waals surface area (Å²) >= 11 is 0. The second-order valence-corrected chi connectivity index (χ2v) is 5.54. The Morgan fingerprint density at radius 3 is 2.68 bits per heavy atom. The number of amides is 1. The summed E-state index contributed by atoms with van der Waals surface area (Å²) in [7, 11) is 0. The first-order valence-corrected chi connectivity index (χ1v) is 7.45. The minimum Gasteiger partial charge on any atom is -0.355 e. The first-order chi connectivity index (χ1) is 9.24. The van der Waals surface area contributed by atoms with Gasteiger partial charge in [0.1, 0.15) is 0 Å². The van der Waals surface area contributed by atoms with E-state index in [2.05, 4.69) is 26.3 Å². The summed E-state index contributed by atoms with van der Waals surface area (Å²) in [5.74, 6) is 0.0637. The molecule has 0 aromatic rings. The van der Waals surface area contributed by atoms with Crippen LogP contribution in [0.2, 0.25) is 0 Å². The minimum absolute atomic E-state index is 0.0637. The second kappa shape index (κ2) is 7.60.